The van der Waals surface area contributed by atoms with Gasteiger partial charge in [0.25, 0.3) is 0 Å². The van der Waals surface area contributed by atoms with Crippen molar-refractivity contribution in [2.45, 2.75) is 71.4 Å². The molecule has 1 heterocycles. The van der Waals surface area contributed by atoms with Gasteiger partial charge in [-0.15, -0.1) is 0 Å². The van der Waals surface area contributed by atoms with Gasteiger partial charge in [-0.1, -0.05) is 62.7 Å². The summed E-state index contributed by atoms with van der Waals surface area (Å²) in [5, 5.41) is 11.5. The number of benzene rings is 1. The van der Waals surface area contributed by atoms with E-state index in [0.717, 1.165) is 19.3 Å². The number of nitrogen functional groups attached to an aromatic ring is 1. The third kappa shape index (κ3) is 7.61. The average molecular weight is 495 g/mol. The van der Waals surface area contributed by atoms with E-state index >= 15 is 0 Å². The maximum atomic E-state index is 13.9. The van der Waals surface area contributed by atoms with Gasteiger partial charge in [0, 0.05) is 46.4 Å². The molecule has 0 aliphatic heterocycles. The van der Waals surface area contributed by atoms with E-state index in [9.17, 15) is 4.39 Å². The normalized spacial score (nSPS) is 13.5. The highest BCUT2D eigenvalue weighted by Crippen LogP contribution is 2.36. The molecule has 0 saturated carbocycles. The molecule has 0 bridgehead atoms. The van der Waals surface area contributed by atoms with Crippen LogP contribution in [0.1, 0.15) is 76.5 Å². The Morgan fingerprint density at radius 1 is 1.24 bits per heavy atom. The molecule has 0 radical (unpaired) electrons. The molecule has 8 heteroatoms. The molecule has 33 heavy (non-hydrogen) atoms. The number of unbranched alkanes of at least 4 members (excludes halogenated alkanes) is 2. The second kappa shape index (κ2) is 13.4. The number of aromatic nitrogens is 1. The van der Waals surface area contributed by atoms with E-state index in [1.807, 2.05) is 6.20 Å². The Labute approximate surface area is 206 Å². The number of nitrogens with one attached hydrogen (secondary N) is 2. The number of hydrogen-bond acceptors (Lipinski definition) is 5. The molecule has 180 valence electrons. The average Bonchev–Trinajstić information content (AvgIpc) is 2.79. The second-order valence-electron chi connectivity index (χ2n) is 8.02. The lowest BCUT2D eigenvalue weighted by Crippen LogP contribution is -2.24. The predicted molar refractivity (Wildman–Crippen MR) is 137 cm³/mol. The van der Waals surface area contributed by atoms with Crippen LogP contribution in [0.4, 0.5) is 10.2 Å². The lowest BCUT2D eigenvalue weighted by molar-refractivity contribution is 0.227. The number of nitrogens with two attached hydrogens (primary N) is 1. The van der Waals surface area contributed by atoms with Crippen molar-refractivity contribution in [3.8, 4) is 5.75 Å². The molecule has 0 spiro atoms. The predicted octanol–water partition coefficient (Wildman–Crippen LogP) is 7.58. The first-order valence-corrected chi connectivity index (χ1v) is 12.1. The van der Waals surface area contributed by atoms with Crippen LogP contribution in [-0.2, 0) is 0 Å². The molecule has 0 aliphatic rings. The number of anilines is 1. The van der Waals surface area contributed by atoms with Gasteiger partial charge >= 0.3 is 0 Å². The van der Waals surface area contributed by atoms with Crippen molar-refractivity contribution in [3.05, 3.63) is 57.6 Å². The zero-order valence-corrected chi connectivity index (χ0v) is 20.9. The highest BCUT2D eigenvalue weighted by Gasteiger charge is 2.20. The van der Waals surface area contributed by atoms with Crippen LogP contribution >= 0.6 is 23.2 Å². The highest BCUT2D eigenvalue weighted by atomic mass is 35.5. The summed E-state index contributed by atoms with van der Waals surface area (Å²) in [6, 6.07) is 4.71. The van der Waals surface area contributed by atoms with Gasteiger partial charge < -0.3 is 21.2 Å². The standard InChI is InChI=1S/C25H33Cl2FN4O/c1-4-6-7-9-19(8-5-2)31-15-18(13-29)17-12-22(25(30)32-14-17)33-16(3)23-20(26)10-11-21(28)24(23)27/h10-16,19,29,31H,4-9H2,1-3H3,(H2,30,32)/b18-15+,29-13?. The largest absolute Gasteiger partial charge is 0.482 e. The summed E-state index contributed by atoms with van der Waals surface area (Å²) in [6.07, 6.45) is 10.8. The number of rotatable bonds is 13. The van der Waals surface area contributed by atoms with Crippen molar-refractivity contribution in [1.82, 2.24) is 10.3 Å². The first-order valence-electron chi connectivity index (χ1n) is 11.3. The summed E-state index contributed by atoms with van der Waals surface area (Å²) in [4.78, 5) is 4.22. The Balaban J connectivity index is 2.24. The van der Waals surface area contributed by atoms with E-state index < -0.39 is 11.9 Å². The van der Waals surface area contributed by atoms with Gasteiger partial charge in [0.15, 0.2) is 11.6 Å². The fraction of sp³-hybridized carbons (Fsp3) is 0.440. The highest BCUT2D eigenvalue weighted by molar-refractivity contribution is 6.36. The summed E-state index contributed by atoms with van der Waals surface area (Å²) in [6.45, 7) is 6.07. The van der Waals surface area contributed by atoms with Crippen molar-refractivity contribution in [1.29, 1.82) is 5.41 Å². The molecular weight excluding hydrogens is 462 g/mol. The Bertz CT molecular complexity index is 968. The SMILES string of the molecule is CCCCCC(CCC)N/C=C(\C=N)c1cnc(N)c(OC(C)c2c(Cl)ccc(F)c2Cl)c1. The van der Waals surface area contributed by atoms with Crippen LogP contribution in [-0.4, -0.2) is 17.2 Å². The summed E-state index contributed by atoms with van der Waals surface area (Å²) in [5.74, 6) is -0.0980. The van der Waals surface area contributed by atoms with Crippen molar-refractivity contribution in [3.63, 3.8) is 0 Å². The molecule has 0 amide bonds. The van der Waals surface area contributed by atoms with Crippen molar-refractivity contribution >= 4 is 40.8 Å². The lowest BCUT2D eigenvalue weighted by Gasteiger charge is -2.20. The van der Waals surface area contributed by atoms with Gasteiger partial charge in [-0.2, -0.15) is 0 Å². The molecule has 2 aromatic rings. The van der Waals surface area contributed by atoms with Crippen LogP contribution in [0, 0.1) is 11.2 Å². The Morgan fingerprint density at radius 3 is 2.67 bits per heavy atom. The smallest absolute Gasteiger partial charge is 0.166 e. The van der Waals surface area contributed by atoms with Crippen molar-refractivity contribution < 1.29 is 9.13 Å². The Hall–Kier alpha value is -2.31. The summed E-state index contributed by atoms with van der Waals surface area (Å²) >= 11 is 12.3. The van der Waals surface area contributed by atoms with Crippen molar-refractivity contribution in [2.24, 2.45) is 0 Å². The molecule has 4 N–H and O–H groups in total. The van der Waals surface area contributed by atoms with Gasteiger partial charge in [-0.25, -0.2) is 9.37 Å². The number of pyridine rings is 1. The minimum atomic E-state index is -0.668. The van der Waals surface area contributed by atoms with Crippen LogP contribution in [0.2, 0.25) is 10.0 Å². The Morgan fingerprint density at radius 2 is 2.00 bits per heavy atom. The van der Waals surface area contributed by atoms with Crippen LogP contribution in [0.15, 0.2) is 30.6 Å². The van der Waals surface area contributed by atoms with E-state index in [2.05, 4.69) is 24.1 Å². The van der Waals surface area contributed by atoms with E-state index in [1.54, 1.807) is 19.2 Å². The topological polar surface area (TPSA) is 84.0 Å². The van der Waals surface area contributed by atoms with E-state index in [1.165, 1.54) is 37.6 Å². The maximum absolute atomic E-state index is 13.9. The number of hydrogen-bond donors (Lipinski definition) is 3. The quantitative estimate of drug-likeness (QED) is 0.152. The van der Waals surface area contributed by atoms with Gasteiger partial charge in [-0.3, -0.25) is 0 Å². The van der Waals surface area contributed by atoms with Gasteiger partial charge in [-0.05, 0) is 38.0 Å². The van der Waals surface area contributed by atoms with E-state index in [0.29, 0.717) is 33.5 Å². The minimum Gasteiger partial charge on any atom is -0.482 e. The zero-order valence-electron chi connectivity index (χ0n) is 19.4. The third-order valence-electron chi connectivity index (χ3n) is 5.43. The molecular formula is C25H33Cl2FN4O. The first kappa shape index (κ1) is 26.9. The molecule has 2 rings (SSSR count). The van der Waals surface area contributed by atoms with Crippen LogP contribution in [0.3, 0.4) is 0 Å². The zero-order chi connectivity index (χ0) is 24.4. The Kier molecular flexibility index (Phi) is 10.9. The molecule has 2 unspecified atom stereocenters. The van der Waals surface area contributed by atoms with Gasteiger partial charge in [0.2, 0.25) is 0 Å². The molecule has 1 aromatic carbocycles. The number of allylic oxidation sites excluding steroid dienone is 1. The van der Waals surface area contributed by atoms with Crippen LogP contribution < -0.4 is 15.8 Å². The van der Waals surface area contributed by atoms with Gasteiger partial charge in [0.1, 0.15) is 11.9 Å². The van der Waals surface area contributed by atoms with Crippen molar-refractivity contribution in [2.75, 3.05) is 5.73 Å². The van der Waals surface area contributed by atoms with Crippen LogP contribution in [0.5, 0.6) is 5.75 Å². The molecule has 0 saturated heterocycles. The number of halogens is 3. The van der Waals surface area contributed by atoms with Crippen LogP contribution in [0.25, 0.3) is 5.57 Å². The molecule has 2 atom stereocenters. The van der Waals surface area contributed by atoms with E-state index in [4.69, 9.17) is 39.1 Å². The molecule has 5 nitrogen and oxygen atoms in total. The monoisotopic (exact) mass is 494 g/mol. The lowest BCUT2D eigenvalue weighted by atomic mass is 10.0. The van der Waals surface area contributed by atoms with Gasteiger partial charge in [0.05, 0.1) is 5.02 Å². The summed E-state index contributed by atoms with van der Waals surface area (Å²) < 4.78 is 19.9. The molecule has 0 aliphatic carbocycles. The number of ether oxygens (including phenoxy) is 1. The molecule has 0 fully saturated rings. The number of nitrogens with zero attached hydrogens (tertiary/aromatic N) is 1. The second-order valence-corrected chi connectivity index (χ2v) is 8.80. The fourth-order valence-corrected chi connectivity index (χ4v) is 4.27. The first-order chi connectivity index (χ1) is 15.8. The third-order valence-corrected chi connectivity index (χ3v) is 6.14. The summed E-state index contributed by atoms with van der Waals surface area (Å²) in [5.41, 5.74) is 7.69. The maximum Gasteiger partial charge on any atom is 0.166 e. The van der Waals surface area contributed by atoms with E-state index in [-0.39, 0.29) is 10.8 Å². The fourth-order valence-electron chi connectivity index (χ4n) is 3.59. The molecule has 1 aromatic heterocycles. The minimum absolute atomic E-state index is 0.0907. The summed E-state index contributed by atoms with van der Waals surface area (Å²) in [7, 11) is 0.